The first-order valence-electron chi connectivity index (χ1n) is 6.09. The Morgan fingerprint density at radius 1 is 1.53 bits per heavy atom. The van der Waals surface area contributed by atoms with Crippen LogP contribution in [-0.4, -0.2) is 22.6 Å². The predicted molar refractivity (Wildman–Crippen MR) is 77.0 cm³/mol. The first kappa shape index (κ1) is 13.5. The second kappa shape index (κ2) is 5.84. The molecule has 0 fully saturated rings. The number of carboxylic acid groups (broad SMARTS) is 1. The molecular weight excluding hydrogens is 260 g/mol. The molecule has 0 unspecified atom stereocenters. The summed E-state index contributed by atoms with van der Waals surface area (Å²) in [7, 11) is 0. The third kappa shape index (κ3) is 3.12. The van der Waals surface area contributed by atoms with Crippen LogP contribution in [0, 0.1) is 6.92 Å². The Kier molecular flexibility index (Phi) is 4.16. The van der Waals surface area contributed by atoms with Gasteiger partial charge in [-0.2, -0.15) is 0 Å². The molecule has 2 heterocycles. The van der Waals surface area contributed by atoms with Gasteiger partial charge < -0.3 is 10.0 Å². The second-order valence-corrected chi connectivity index (χ2v) is 5.27. The van der Waals surface area contributed by atoms with E-state index in [-0.39, 0.29) is 5.56 Å². The zero-order chi connectivity index (χ0) is 13.8. The quantitative estimate of drug-likeness (QED) is 0.911. The van der Waals surface area contributed by atoms with E-state index in [4.69, 9.17) is 0 Å². The lowest BCUT2D eigenvalue weighted by Gasteiger charge is -2.24. The van der Waals surface area contributed by atoms with Crippen molar-refractivity contribution < 1.29 is 9.90 Å². The highest BCUT2D eigenvalue weighted by Crippen LogP contribution is 2.24. The molecule has 100 valence electrons. The fourth-order valence-corrected chi connectivity index (χ4v) is 2.65. The number of thiophene rings is 1. The molecule has 0 saturated heterocycles. The Bertz CT molecular complexity index is 567. The van der Waals surface area contributed by atoms with Crippen molar-refractivity contribution in [3.05, 3.63) is 45.9 Å². The van der Waals surface area contributed by atoms with Gasteiger partial charge in [-0.3, -0.25) is 4.98 Å². The topological polar surface area (TPSA) is 53.4 Å². The van der Waals surface area contributed by atoms with Crippen LogP contribution in [0.2, 0.25) is 0 Å². The van der Waals surface area contributed by atoms with Crippen molar-refractivity contribution in [3.63, 3.8) is 0 Å². The fraction of sp³-hybridized carbons (Fsp3) is 0.286. The van der Waals surface area contributed by atoms with Gasteiger partial charge in [0, 0.05) is 23.3 Å². The number of aromatic carboxylic acids is 1. The molecule has 2 rings (SSSR count). The summed E-state index contributed by atoms with van der Waals surface area (Å²) < 4.78 is 0. The van der Waals surface area contributed by atoms with Crippen molar-refractivity contribution in [1.82, 2.24) is 4.98 Å². The van der Waals surface area contributed by atoms with Crippen molar-refractivity contribution in [2.24, 2.45) is 0 Å². The lowest BCUT2D eigenvalue weighted by molar-refractivity contribution is 0.0697. The molecule has 0 aromatic carbocycles. The first-order chi connectivity index (χ1) is 9.11. The lowest BCUT2D eigenvalue weighted by Crippen LogP contribution is -2.24. The Labute approximate surface area is 116 Å². The van der Waals surface area contributed by atoms with E-state index in [9.17, 15) is 9.90 Å². The summed E-state index contributed by atoms with van der Waals surface area (Å²) >= 11 is 1.68. The molecule has 2 aromatic rings. The average Bonchev–Trinajstić information content (AvgIpc) is 2.88. The molecule has 5 heteroatoms. The molecule has 0 aliphatic heterocycles. The SMILES string of the molecule is CCN(Cc1cccs1)c1cc(C)ncc1C(=O)O. The van der Waals surface area contributed by atoms with Crippen LogP contribution in [0.4, 0.5) is 5.69 Å². The normalized spacial score (nSPS) is 10.4. The molecule has 0 atom stereocenters. The van der Waals surface area contributed by atoms with E-state index in [0.717, 1.165) is 24.5 Å². The Morgan fingerprint density at radius 3 is 2.89 bits per heavy atom. The minimum Gasteiger partial charge on any atom is -0.478 e. The predicted octanol–water partition coefficient (Wildman–Crippen LogP) is 3.18. The third-order valence-corrected chi connectivity index (χ3v) is 3.76. The number of anilines is 1. The van der Waals surface area contributed by atoms with Crippen molar-refractivity contribution in [3.8, 4) is 0 Å². The number of carboxylic acids is 1. The van der Waals surface area contributed by atoms with Crippen LogP contribution in [0.3, 0.4) is 0 Å². The maximum atomic E-state index is 11.3. The maximum Gasteiger partial charge on any atom is 0.339 e. The van der Waals surface area contributed by atoms with E-state index < -0.39 is 5.97 Å². The van der Waals surface area contributed by atoms with E-state index in [1.165, 1.54) is 11.1 Å². The van der Waals surface area contributed by atoms with Crippen LogP contribution in [-0.2, 0) is 6.54 Å². The smallest absolute Gasteiger partial charge is 0.339 e. The minimum absolute atomic E-state index is 0.254. The number of pyridine rings is 1. The number of hydrogen-bond acceptors (Lipinski definition) is 4. The number of aromatic nitrogens is 1. The summed E-state index contributed by atoms with van der Waals surface area (Å²) in [6, 6.07) is 5.89. The summed E-state index contributed by atoms with van der Waals surface area (Å²) in [5, 5.41) is 11.3. The van der Waals surface area contributed by atoms with E-state index >= 15 is 0 Å². The summed E-state index contributed by atoms with van der Waals surface area (Å²) in [6.07, 6.45) is 1.43. The van der Waals surface area contributed by atoms with Crippen LogP contribution in [0.25, 0.3) is 0 Å². The van der Waals surface area contributed by atoms with Crippen molar-refractivity contribution in [2.75, 3.05) is 11.4 Å². The Morgan fingerprint density at radius 2 is 2.32 bits per heavy atom. The van der Waals surface area contributed by atoms with Crippen LogP contribution in [0.5, 0.6) is 0 Å². The van der Waals surface area contributed by atoms with Gasteiger partial charge >= 0.3 is 5.97 Å². The zero-order valence-corrected chi connectivity index (χ0v) is 11.8. The zero-order valence-electron chi connectivity index (χ0n) is 11.0. The molecule has 0 bridgehead atoms. The van der Waals surface area contributed by atoms with Crippen LogP contribution in [0.15, 0.2) is 29.8 Å². The molecule has 0 saturated carbocycles. The number of carbonyl (C=O) groups is 1. The highest BCUT2D eigenvalue weighted by atomic mass is 32.1. The molecule has 0 radical (unpaired) electrons. The summed E-state index contributed by atoms with van der Waals surface area (Å²) in [5.41, 5.74) is 1.81. The Balaban J connectivity index is 2.36. The van der Waals surface area contributed by atoms with Gasteiger partial charge in [0.05, 0.1) is 12.2 Å². The van der Waals surface area contributed by atoms with Crippen LogP contribution < -0.4 is 4.90 Å². The first-order valence-corrected chi connectivity index (χ1v) is 6.97. The average molecular weight is 276 g/mol. The standard InChI is InChI=1S/C14H16N2O2S/c1-3-16(9-11-5-4-6-19-11)13-7-10(2)15-8-12(13)14(17)18/h4-8H,3,9H2,1-2H3,(H,17,18). The van der Waals surface area contributed by atoms with Crippen molar-refractivity contribution >= 4 is 23.0 Å². The second-order valence-electron chi connectivity index (χ2n) is 4.24. The molecule has 0 amide bonds. The summed E-state index contributed by atoms with van der Waals surface area (Å²) in [4.78, 5) is 18.6. The highest BCUT2D eigenvalue weighted by Gasteiger charge is 2.16. The molecule has 4 nitrogen and oxygen atoms in total. The Hall–Kier alpha value is -1.88. The van der Waals surface area contributed by atoms with Crippen molar-refractivity contribution in [1.29, 1.82) is 0 Å². The van der Waals surface area contributed by atoms with Gasteiger partial charge in [-0.1, -0.05) is 6.07 Å². The fourth-order valence-electron chi connectivity index (χ4n) is 1.93. The number of nitrogens with zero attached hydrogens (tertiary/aromatic N) is 2. The summed E-state index contributed by atoms with van der Waals surface area (Å²) in [5.74, 6) is -0.938. The van der Waals surface area contributed by atoms with Gasteiger partial charge in [0.1, 0.15) is 5.56 Å². The van der Waals surface area contributed by atoms with Gasteiger partial charge in [-0.25, -0.2) is 4.79 Å². The molecule has 2 aromatic heterocycles. The van der Waals surface area contributed by atoms with Gasteiger partial charge in [-0.05, 0) is 31.4 Å². The molecular formula is C14H16N2O2S. The van der Waals surface area contributed by atoms with Gasteiger partial charge in [0.15, 0.2) is 0 Å². The number of rotatable bonds is 5. The van der Waals surface area contributed by atoms with Crippen LogP contribution >= 0.6 is 11.3 Å². The van der Waals surface area contributed by atoms with Crippen molar-refractivity contribution in [2.45, 2.75) is 20.4 Å². The lowest BCUT2D eigenvalue weighted by atomic mass is 10.2. The minimum atomic E-state index is -0.938. The van der Waals surface area contributed by atoms with E-state index in [1.54, 1.807) is 11.3 Å². The van der Waals surface area contributed by atoms with E-state index in [2.05, 4.69) is 16.0 Å². The summed E-state index contributed by atoms with van der Waals surface area (Å²) in [6.45, 7) is 5.36. The molecule has 0 spiro atoms. The van der Waals surface area contributed by atoms with Gasteiger partial charge in [0.25, 0.3) is 0 Å². The third-order valence-electron chi connectivity index (χ3n) is 2.90. The molecule has 19 heavy (non-hydrogen) atoms. The monoisotopic (exact) mass is 276 g/mol. The van der Waals surface area contributed by atoms with E-state index in [0.29, 0.717) is 0 Å². The largest absolute Gasteiger partial charge is 0.478 e. The molecule has 0 aliphatic rings. The number of aryl methyl sites for hydroxylation is 1. The molecule has 0 aliphatic carbocycles. The molecule has 1 N–H and O–H groups in total. The highest BCUT2D eigenvalue weighted by molar-refractivity contribution is 7.09. The van der Waals surface area contributed by atoms with Crippen LogP contribution in [0.1, 0.15) is 27.9 Å². The maximum absolute atomic E-state index is 11.3. The van der Waals surface area contributed by atoms with Gasteiger partial charge in [-0.15, -0.1) is 11.3 Å². The number of hydrogen-bond donors (Lipinski definition) is 1. The van der Waals surface area contributed by atoms with E-state index in [1.807, 2.05) is 31.4 Å². The van der Waals surface area contributed by atoms with Gasteiger partial charge in [0.2, 0.25) is 0 Å².